The van der Waals surface area contributed by atoms with Crippen LogP contribution in [0.3, 0.4) is 0 Å². The van der Waals surface area contributed by atoms with Gasteiger partial charge in [-0.05, 0) is 53.3 Å². The molecule has 0 heterocycles. The molecule has 136 valence electrons. The molecule has 0 spiro atoms. The van der Waals surface area contributed by atoms with Gasteiger partial charge in [0.2, 0.25) is 0 Å². The average molecular weight is 350 g/mol. The zero-order valence-corrected chi connectivity index (χ0v) is 15.8. The van der Waals surface area contributed by atoms with Gasteiger partial charge in [0.25, 0.3) is 0 Å². The largest absolute Gasteiger partial charge is 0.513 e. The Kier molecular flexibility index (Phi) is 5.77. The van der Waals surface area contributed by atoms with Crippen LogP contribution in [-0.4, -0.2) is 12.8 Å². The Bertz CT molecular complexity index is 928. The lowest BCUT2D eigenvalue weighted by atomic mass is 9.95. The molecule has 3 rings (SSSR count). The first kappa shape index (κ1) is 18.2. The second-order valence-corrected chi connectivity index (χ2v) is 6.53. The molecule has 0 saturated carbocycles. The van der Waals surface area contributed by atoms with Crippen molar-refractivity contribution in [3.05, 3.63) is 53.6 Å². The van der Waals surface area contributed by atoms with Gasteiger partial charge in [-0.2, -0.15) is 0 Å². The van der Waals surface area contributed by atoms with Gasteiger partial charge in [-0.3, -0.25) is 0 Å². The minimum absolute atomic E-state index is 0.387. The predicted octanol–water partition coefficient (Wildman–Crippen LogP) is 6.43. The van der Waals surface area contributed by atoms with E-state index in [1.165, 1.54) is 11.1 Å². The first-order valence-electron chi connectivity index (χ1n) is 9.49. The standard InChI is InChI=1S/C23H26O3/c1-4-7-12-25-23(24)26-22-20-11-9-8-10-18(20)14-19-13-16(5-2)17(6-3)15-21(19)22/h8-11,13-15H,4-7,12H2,1-3H3. The Hall–Kier alpha value is -2.55. The quantitative estimate of drug-likeness (QED) is 0.222. The Morgan fingerprint density at radius 1 is 0.885 bits per heavy atom. The van der Waals surface area contributed by atoms with Crippen LogP contribution >= 0.6 is 0 Å². The molecular weight excluding hydrogens is 324 g/mol. The van der Waals surface area contributed by atoms with Crippen molar-refractivity contribution in [3.63, 3.8) is 0 Å². The van der Waals surface area contributed by atoms with Crippen molar-refractivity contribution in [2.45, 2.75) is 46.5 Å². The molecule has 0 radical (unpaired) electrons. The van der Waals surface area contributed by atoms with E-state index in [-0.39, 0.29) is 0 Å². The first-order chi connectivity index (χ1) is 12.7. The van der Waals surface area contributed by atoms with Crippen LogP contribution in [0.25, 0.3) is 21.5 Å². The van der Waals surface area contributed by atoms with Crippen LogP contribution in [0.2, 0.25) is 0 Å². The molecule has 3 aromatic carbocycles. The summed E-state index contributed by atoms with van der Waals surface area (Å²) in [5, 5.41) is 4.04. The van der Waals surface area contributed by atoms with Gasteiger partial charge in [0.1, 0.15) is 5.75 Å². The van der Waals surface area contributed by atoms with Gasteiger partial charge in [-0.25, -0.2) is 4.79 Å². The van der Waals surface area contributed by atoms with Gasteiger partial charge < -0.3 is 9.47 Å². The molecule has 3 heteroatoms. The molecule has 0 aliphatic rings. The molecule has 0 fully saturated rings. The van der Waals surface area contributed by atoms with Crippen LogP contribution in [0.1, 0.15) is 44.7 Å². The van der Waals surface area contributed by atoms with Crippen molar-refractivity contribution < 1.29 is 14.3 Å². The van der Waals surface area contributed by atoms with E-state index in [2.05, 4.69) is 39.0 Å². The van der Waals surface area contributed by atoms with E-state index in [4.69, 9.17) is 9.47 Å². The monoisotopic (exact) mass is 350 g/mol. The molecule has 0 N–H and O–H groups in total. The molecule has 0 aliphatic heterocycles. The van der Waals surface area contributed by atoms with Crippen molar-refractivity contribution in [3.8, 4) is 5.75 Å². The molecular formula is C23H26O3. The molecule has 0 aromatic heterocycles. The van der Waals surface area contributed by atoms with Crippen LogP contribution in [-0.2, 0) is 17.6 Å². The Morgan fingerprint density at radius 3 is 2.35 bits per heavy atom. The third kappa shape index (κ3) is 3.67. The molecule has 3 aromatic rings. The highest BCUT2D eigenvalue weighted by Crippen LogP contribution is 2.37. The minimum Gasteiger partial charge on any atom is -0.434 e. The Labute approximate surface area is 154 Å². The normalized spacial score (nSPS) is 11.0. The number of unbranched alkanes of at least 4 members (excludes halogenated alkanes) is 1. The fraction of sp³-hybridized carbons (Fsp3) is 0.348. The van der Waals surface area contributed by atoms with Crippen LogP contribution in [0.4, 0.5) is 4.79 Å². The summed E-state index contributed by atoms with van der Waals surface area (Å²) < 4.78 is 10.9. The third-order valence-electron chi connectivity index (χ3n) is 4.80. The smallest absolute Gasteiger partial charge is 0.434 e. The number of benzene rings is 3. The maximum atomic E-state index is 12.2. The molecule has 0 saturated heterocycles. The number of carbonyl (C=O) groups is 1. The van der Waals surface area contributed by atoms with Crippen LogP contribution in [0, 0.1) is 0 Å². The third-order valence-corrected chi connectivity index (χ3v) is 4.80. The number of hydrogen-bond donors (Lipinski definition) is 0. The van der Waals surface area contributed by atoms with Gasteiger partial charge in [0.05, 0.1) is 6.61 Å². The lowest BCUT2D eigenvalue weighted by Crippen LogP contribution is -2.12. The van der Waals surface area contributed by atoms with Crippen molar-refractivity contribution in [1.29, 1.82) is 0 Å². The van der Waals surface area contributed by atoms with Crippen LogP contribution < -0.4 is 4.74 Å². The summed E-state index contributed by atoms with van der Waals surface area (Å²) >= 11 is 0. The second-order valence-electron chi connectivity index (χ2n) is 6.53. The lowest BCUT2D eigenvalue weighted by Gasteiger charge is -2.15. The highest BCUT2D eigenvalue weighted by molar-refractivity contribution is 6.06. The van der Waals surface area contributed by atoms with Gasteiger partial charge in [0, 0.05) is 10.8 Å². The zero-order valence-electron chi connectivity index (χ0n) is 15.8. The fourth-order valence-electron chi connectivity index (χ4n) is 3.35. The van der Waals surface area contributed by atoms with E-state index in [0.29, 0.717) is 12.4 Å². The molecule has 0 atom stereocenters. The number of rotatable bonds is 6. The number of aryl methyl sites for hydroxylation is 2. The Balaban J connectivity index is 2.13. The summed E-state index contributed by atoms with van der Waals surface area (Å²) in [6.07, 6.45) is 3.12. The van der Waals surface area contributed by atoms with Crippen molar-refractivity contribution in [2.75, 3.05) is 6.61 Å². The summed E-state index contributed by atoms with van der Waals surface area (Å²) in [5.74, 6) is 0.594. The van der Waals surface area contributed by atoms with Gasteiger partial charge >= 0.3 is 6.16 Å². The summed E-state index contributed by atoms with van der Waals surface area (Å²) in [4.78, 5) is 12.2. The number of hydrogen-bond acceptors (Lipinski definition) is 3. The SMILES string of the molecule is CCCCOC(=O)Oc1c2ccccc2cc2cc(CC)c(CC)cc12. The van der Waals surface area contributed by atoms with Gasteiger partial charge in [-0.15, -0.1) is 0 Å². The van der Waals surface area contributed by atoms with E-state index >= 15 is 0 Å². The highest BCUT2D eigenvalue weighted by atomic mass is 16.7. The van der Waals surface area contributed by atoms with Crippen LogP contribution in [0.15, 0.2) is 42.5 Å². The van der Waals surface area contributed by atoms with Gasteiger partial charge in [-0.1, -0.05) is 57.5 Å². The molecule has 26 heavy (non-hydrogen) atoms. The molecule has 3 nitrogen and oxygen atoms in total. The van der Waals surface area contributed by atoms with Crippen molar-refractivity contribution in [2.24, 2.45) is 0 Å². The number of fused-ring (bicyclic) bond motifs is 2. The van der Waals surface area contributed by atoms with E-state index in [1.54, 1.807) is 0 Å². The van der Waals surface area contributed by atoms with Crippen molar-refractivity contribution in [1.82, 2.24) is 0 Å². The topological polar surface area (TPSA) is 35.5 Å². The van der Waals surface area contributed by atoms with Crippen molar-refractivity contribution >= 4 is 27.7 Å². The van der Waals surface area contributed by atoms with E-state index in [9.17, 15) is 4.79 Å². The first-order valence-corrected chi connectivity index (χ1v) is 9.49. The Morgan fingerprint density at radius 2 is 1.62 bits per heavy atom. The molecule has 0 bridgehead atoms. The van der Waals surface area contributed by atoms with E-state index in [1.807, 2.05) is 24.3 Å². The van der Waals surface area contributed by atoms with E-state index in [0.717, 1.165) is 47.2 Å². The minimum atomic E-state index is -0.631. The van der Waals surface area contributed by atoms with Gasteiger partial charge in [0.15, 0.2) is 0 Å². The zero-order chi connectivity index (χ0) is 18.5. The highest BCUT2D eigenvalue weighted by Gasteiger charge is 2.15. The summed E-state index contributed by atoms with van der Waals surface area (Å²) in [5.41, 5.74) is 2.63. The maximum absolute atomic E-state index is 12.2. The van der Waals surface area contributed by atoms with Crippen LogP contribution in [0.5, 0.6) is 5.75 Å². The molecule has 0 aliphatic carbocycles. The van der Waals surface area contributed by atoms with E-state index < -0.39 is 6.16 Å². The summed E-state index contributed by atoms with van der Waals surface area (Å²) in [6.45, 7) is 6.77. The number of ether oxygens (including phenoxy) is 2. The lowest BCUT2D eigenvalue weighted by molar-refractivity contribution is 0.0988. The molecule has 0 unspecified atom stereocenters. The number of carbonyl (C=O) groups excluding carboxylic acids is 1. The summed E-state index contributed by atoms with van der Waals surface area (Å²) in [7, 11) is 0. The maximum Gasteiger partial charge on any atom is 0.513 e. The molecule has 0 amide bonds. The summed E-state index contributed by atoms with van der Waals surface area (Å²) in [6, 6.07) is 14.5. The average Bonchev–Trinajstić information content (AvgIpc) is 2.67. The fourth-order valence-corrected chi connectivity index (χ4v) is 3.35. The second kappa shape index (κ2) is 8.22. The predicted molar refractivity (Wildman–Crippen MR) is 107 cm³/mol.